The van der Waals surface area contributed by atoms with Crippen molar-refractivity contribution >= 4 is 83.9 Å². The molecule has 0 atom stereocenters. The molecule has 3 aromatic carbocycles. The van der Waals surface area contributed by atoms with E-state index in [9.17, 15) is 0 Å². The lowest BCUT2D eigenvalue weighted by atomic mass is 9.95. The van der Waals surface area contributed by atoms with Crippen LogP contribution in [-0.4, -0.2) is 9.97 Å². The van der Waals surface area contributed by atoms with Gasteiger partial charge < -0.3 is 0 Å². The Morgan fingerprint density at radius 2 is 1.53 bits per heavy atom. The van der Waals surface area contributed by atoms with Gasteiger partial charge in [0.2, 0.25) is 0 Å². The van der Waals surface area contributed by atoms with Gasteiger partial charge in [-0.2, -0.15) is 0 Å². The van der Waals surface area contributed by atoms with Gasteiger partial charge in [0.15, 0.2) is 0 Å². The molecule has 0 spiro atoms. The highest BCUT2D eigenvalue weighted by atomic mass is 32.1. The highest BCUT2D eigenvalue weighted by molar-refractivity contribution is 7.36. The van der Waals surface area contributed by atoms with E-state index in [0.717, 1.165) is 17.6 Å². The quantitative estimate of drug-likeness (QED) is 0.230. The summed E-state index contributed by atoms with van der Waals surface area (Å²) in [5, 5.41) is 4.04. The second-order valence-electron chi connectivity index (χ2n) is 10.4. The Bertz CT molecular complexity index is 1930. The van der Waals surface area contributed by atoms with Gasteiger partial charge >= 0.3 is 0 Å². The van der Waals surface area contributed by atoms with E-state index in [0.29, 0.717) is 11.8 Å². The van der Waals surface area contributed by atoms with Crippen molar-refractivity contribution in [2.45, 2.75) is 40.0 Å². The number of hydrogen-bond acceptors (Lipinski definition) is 5. The monoisotopic (exact) mass is 522 g/mol. The summed E-state index contributed by atoms with van der Waals surface area (Å²) < 4.78 is 8.07. The number of hydrogen-bond donors (Lipinski definition) is 0. The third-order valence-electron chi connectivity index (χ3n) is 6.98. The van der Waals surface area contributed by atoms with Gasteiger partial charge in [0.05, 0.1) is 25.3 Å². The van der Waals surface area contributed by atoms with Crippen molar-refractivity contribution in [2.24, 2.45) is 5.92 Å². The topological polar surface area (TPSA) is 25.8 Å². The molecule has 0 saturated heterocycles. The molecule has 0 N–H and O–H groups in total. The molecule has 0 bridgehead atoms. The molecule has 36 heavy (non-hydrogen) atoms. The van der Waals surface area contributed by atoms with Crippen LogP contribution in [-0.2, 0) is 6.42 Å². The predicted molar refractivity (Wildman–Crippen MR) is 161 cm³/mol. The molecule has 4 aromatic heterocycles. The Balaban J connectivity index is 1.48. The zero-order valence-corrected chi connectivity index (χ0v) is 23.2. The van der Waals surface area contributed by atoms with Gasteiger partial charge in [-0.15, -0.1) is 34.0 Å². The van der Waals surface area contributed by atoms with Gasteiger partial charge in [0.1, 0.15) is 6.33 Å². The minimum Gasteiger partial charge on any atom is -0.235 e. The van der Waals surface area contributed by atoms with Crippen LogP contribution in [0.1, 0.15) is 44.7 Å². The minimum atomic E-state index is 0.425. The number of fused-ring (bicyclic) bond motifs is 8. The Labute approximate surface area is 222 Å². The standard InChI is InChI=1S/C31H26N2S3/c1-16(2)11-18-9-10-20-24(12-18)35-31-27(32-15-33-28(20)31)19-13-22(17(3)4)26-25(14-19)36-29-21-7-5-6-8-23(21)34-30(26)29/h5-10,12-17H,11H2,1-4H3. The number of aromatic nitrogens is 2. The number of rotatable bonds is 4. The highest BCUT2D eigenvalue weighted by Crippen LogP contribution is 2.48. The molecule has 0 saturated carbocycles. The van der Waals surface area contributed by atoms with E-state index in [1.165, 1.54) is 61.0 Å². The van der Waals surface area contributed by atoms with Crippen LogP contribution in [0.5, 0.6) is 0 Å². The summed E-state index contributed by atoms with van der Waals surface area (Å²) in [6.45, 7) is 9.17. The van der Waals surface area contributed by atoms with Crippen molar-refractivity contribution in [2.75, 3.05) is 0 Å². The summed E-state index contributed by atoms with van der Waals surface area (Å²) >= 11 is 5.69. The first-order chi connectivity index (χ1) is 17.5. The zero-order chi connectivity index (χ0) is 24.6. The van der Waals surface area contributed by atoms with E-state index < -0.39 is 0 Å². The van der Waals surface area contributed by atoms with E-state index in [2.05, 4.69) is 82.3 Å². The third-order valence-corrected chi connectivity index (χ3v) is 10.6. The largest absolute Gasteiger partial charge is 0.235 e. The number of benzene rings is 3. The molecule has 4 heterocycles. The molecule has 0 fully saturated rings. The maximum absolute atomic E-state index is 4.85. The van der Waals surface area contributed by atoms with Crippen LogP contribution in [0, 0.1) is 5.92 Å². The van der Waals surface area contributed by atoms with Crippen LogP contribution < -0.4 is 0 Å². The first-order valence-corrected chi connectivity index (χ1v) is 15.0. The average Bonchev–Trinajstić information content (AvgIpc) is 3.51. The minimum absolute atomic E-state index is 0.425. The maximum atomic E-state index is 4.85. The number of nitrogens with zero attached hydrogens (tertiary/aromatic N) is 2. The van der Waals surface area contributed by atoms with Gasteiger partial charge in [-0.3, -0.25) is 0 Å². The summed E-state index contributed by atoms with van der Waals surface area (Å²) in [6, 6.07) is 20.4. The second kappa shape index (κ2) is 8.34. The van der Waals surface area contributed by atoms with E-state index >= 15 is 0 Å². The maximum Gasteiger partial charge on any atom is 0.116 e. The fourth-order valence-electron chi connectivity index (χ4n) is 5.37. The highest BCUT2D eigenvalue weighted by Gasteiger charge is 2.20. The molecule has 7 rings (SSSR count). The van der Waals surface area contributed by atoms with Crippen molar-refractivity contribution in [3.05, 3.63) is 72.1 Å². The molecule has 0 amide bonds. The Morgan fingerprint density at radius 3 is 2.36 bits per heavy atom. The molecular weight excluding hydrogens is 497 g/mol. The molecule has 0 aliphatic rings. The summed E-state index contributed by atoms with van der Waals surface area (Å²) in [4.78, 5) is 9.58. The van der Waals surface area contributed by atoms with E-state index in [1.54, 1.807) is 6.33 Å². The van der Waals surface area contributed by atoms with Crippen LogP contribution in [0.3, 0.4) is 0 Å². The molecule has 5 heteroatoms. The molecule has 0 aliphatic heterocycles. The average molecular weight is 523 g/mol. The molecule has 0 radical (unpaired) electrons. The van der Waals surface area contributed by atoms with Crippen LogP contribution in [0.15, 0.2) is 60.9 Å². The predicted octanol–water partition coefficient (Wildman–Crippen LogP) is 10.4. The summed E-state index contributed by atoms with van der Waals surface area (Å²) in [5.41, 5.74) is 6.13. The van der Waals surface area contributed by atoms with Gasteiger partial charge in [-0.05, 0) is 53.6 Å². The van der Waals surface area contributed by atoms with Gasteiger partial charge in [0.25, 0.3) is 0 Å². The molecule has 178 valence electrons. The van der Waals surface area contributed by atoms with Crippen molar-refractivity contribution in [1.82, 2.24) is 9.97 Å². The van der Waals surface area contributed by atoms with E-state index in [-0.39, 0.29) is 0 Å². The van der Waals surface area contributed by atoms with Crippen LogP contribution in [0.25, 0.3) is 61.1 Å². The van der Waals surface area contributed by atoms with Gasteiger partial charge in [0, 0.05) is 35.8 Å². The molecule has 7 aromatic rings. The lowest BCUT2D eigenvalue weighted by Gasteiger charge is -2.11. The first-order valence-electron chi connectivity index (χ1n) is 12.5. The van der Waals surface area contributed by atoms with Crippen molar-refractivity contribution in [3.8, 4) is 11.3 Å². The summed E-state index contributed by atoms with van der Waals surface area (Å²) in [6.07, 6.45) is 2.84. The van der Waals surface area contributed by atoms with Crippen LogP contribution in [0.4, 0.5) is 0 Å². The number of thiophene rings is 3. The zero-order valence-electron chi connectivity index (χ0n) is 20.8. The summed E-state index contributed by atoms with van der Waals surface area (Å²) in [7, 11) is 0. The Hall–Kier alpha value is -2.86. The second-order valence-corrected chi connectivity index (χ2v) is 13.5. The van der Waals surface area contributed by atoms with Gasteiger partial charge in [-0.1, -0.05) is 58.0 Å². The lowest BCUT2D eigenvalue weighted by Crippen LogP contribution is -1.93. The molecular formula is C31H26N2S3. The summed E-state index contributed by atoms with van der Waals surface area (Å²) in [5.74, 6) is 1.07. The SMILES string of the molecule is CC(C)Cc1ccc2c(c1)sc1c(-c3cc(C(C)C)c4c(c3)sc3c5ccccc5sc34)ncnc12. The Morgan fingerprint density at radius 1 is 0.722 bits per heavy atom. The molecule has 2 nitrogen and oxygen atoms in total. The third kappa shape index (κ3) is 3.41. The lowest BCUT2D eigenvalue weighted by molar-refractivity contribution is 0.648. The molecule has 0 unspecified atom stereocenters. The normalized spacial score (nSPS) is 12.5. The fraction of sp³-hybridized carbons (Fsp3) is 0.226. The smallest absolute Gasteiger partial charge is 0.116 e. The van der Waals surface area contributed by atoms with Crippen molar-refractivity contribution in [3.63, 3.8) is 0 Å². The van der Waals surface area contributed by atoms with Crippen LogP contribution in [0.2, 0.25) is 0 Å². The van der Waals surface area contributed by atoms with Crippen molar-refractivity contribution in [1.29, 1.82) is 0 Å². The first kappa shape index (κ1) is 22.3. The van der Waals surface area contributed by atoms with Crippen molar-refractivity contribution < 1.29 is 0 Å². The Kier molecular flexibility index (Phi) is 5.18. The van der Waals surface area contributed by atoms with Gasteiger partial charge in [-0.25, -0.2) is 9.97 Å². The molecule has 0 aliphatic carbocycles. The van der Waals surface area contributed by atoms with E-state index in [1.807, 2.05) is 34.0 Å². The van der Waals surface area contributed by atoms with E-state index in [4.69, 9.17) is 9.97 Å². The van der Waals surface area contributed by atoms with Crippen LogP contribution >= 0.6 is 34.0 Å². The fourth-order valence-corrected chi connectivity index (χ4v) is 9.37.